The summed E-state index contributed by atoms with van der Waals surface area (Å²) in [4.78, 5) is 23.7. The summed E-state index contributed by atoms with van der Waals surface area (Å²) in [5.41, 5.74) is 1.04. The average Bonchev–Trinajstić information content (AvgIpc) is 2.62. The molecule has 0 unspecified atom stereocenters. The van der Waals surface area contributed by atoms with Crippen LogP contribution in [0, 0.1) is 0 Å². The molecule has 0 fully saturated rings. The molecule has 0 aliphatic carbocycles. The molecule has 4 heteroatoms. The molecule has 0 bridgehead atoms. The number of aryl methyl sites for hydroxylation is 1. The minimum atomic E-state index is 0.139. The summed E-state index contributed by atoms with van der Waals surface area (Å²) in [6.07, 6.45) is 12.2. The van der Waals surface area contributed by atoms with E-state index in [1.807, 2.05) is 17.9 Å². The Labute approximate surface area is 148 Å². The maximum Gasteiger partial charge on any atom is 0.232 e. The van der Waals surface area contributed by atoms with Crippen molar-refractivity contribution in [2.45, 2.75) is 97.9 Å². The predicted octanol–water partition coefficient (Wildman–Crippen LogP) is 5.31. The zero-order valence-corrected chi connectivity index (χ0v) is 16.1. The first-order chi connectivity index (χ1) is 11.7. The van der Waals surface area contributed by atoms with Crippen molar-refractivity contribution in [3.05, 3.63) is 18.0 Å². The lowest BCUT2D eigenvalue weighted by Gasteiger charge is -2.30. The number of unbranched alkanes of at least 4 members (excludes halogenated alkanes) is 3. The SMILES string of the molecule is CCCCc1ccnc(N(C(=O)CC)C(CCCC)CCCC)n1. The lowest BCUT2D eigenvalue weighted by molar-refractivity contribution is -0.119. The molecule has 0 aliphatic heterocycles. The van der Waals surface area contributed by atoms with Crippen molar-refractivity contribution in [1.29, 1.82) is 0 Å². The third kappa shape index (κ3) is 6.58. The second-order valence-electron chi connectivity index (χ2n) is 6.51. The third-order valence-electron chi connectivity index (χ3n) is 4.42. The van der Waals surface area contributed by atoms with E-state index in [-0.39, 0.29) is 11.9 Å². The van der Waals surface area contributed by atoms with E-state index in [0.29, 0.717) is 12.4 Å². The topological polar surface area (TPSA) is 46.1 Å². The number of nitrogens with zero attached hydrogens (tertiary/aromatic N) is 3. The van der Waals surface area contributed by atoms with Crippen LogP contribution in [-0.4, -0.2) is 21.9 Å². The van der Waals surface area contributed by atoms with Crippen LogP contribution in [0.1, 0.15) is 91.2 Å². The fourth-order valence-corrected chi connectivity index (χ4v) is 2.93. The molecule has 0 atom stereocenters. The first kappa shape index (κ1) is 20.6. The largest absolute Gasteiger partial charge is 0.278 e. The van der Waals surface area contributed by atoms with Crippen LogP contribution in [0.15, 0.2) is 12.3 Å². The first-order valence-electron chi connectivity index (χ1n) is 9.81. The summed E-state index contributed by atoms with van der Waals surface area (Å²) in [6, 6.07) is 2.19. The van der Waals surface area contributed by atoms with Crippen LogP contribution in [0.4, 0.5) is 5.95 Å². The van der Waals surface area contributed by atoms with Gasteiger partial charge in [0.25, 0.3) is 0 Å². The molecule has 24 heavy (non-hydrogen) atoms. The molecule has 0 N–H and O–H groups in total. The van der Waals surface area contributed by atoms with Crippen LogP contribution in [0.5, 0.6) is 0 Å². The number of aromatic nitrogens is 2. The Balaban J connectivity index is 3.06. The van der Waals surface area contributed by atoms with Crippen molar-refractivity contribution < 1.29 is 4.79 Å². The van der Waals surface area contributed by atoms with Crippen LogP contribution >= 0.6 is 0 Å². The maximum atomic E-state index is 12.7. The van der Waals surface area contributed by atoms with Crippen molar-refractivity contribution >= 4 is 11.9 Å². The van der Waals surface area contributed by atoms with Gasteiger partial charge in [0.05, 0.1) is 0 Å². The summed E-state index contributed by atoms with van der Waals surface area (Å²) in [5.74, 6) is 0.743. The maximum absolute atomic E-state index is 12.7. The van der Waals surface area contributed by atoms with E-state index >= 15 is 0 Å². The van der Waals surface area contributed by atoms with Crippen molar-refractivity contribution in [3.8, 4) is 0 Å². The molecule has 1 heterocycles. The Morgan fingerprint density at radius 1 is 1.04 bits per heavy atom. The lowest BCUT2D eigenvalue weighted by atomic mass is 10.0. The molecule has 1 rings (SSSR count). The Hall–Kier alpha value is -1.45. The van der Waals surface area contributed by atoms with E-state index in [9.17, 15) is 4.79 Å². The summed E-state index contributed by atoms with van der Waals surface area (Å²) >= 11 is 0. The highest BCUT2D eigenvalue weighted by molar-refractivity contribution is 5.91. The molecule has 136 valence electrons. The molecule has 0 aliphatic rings. The smallest absolute Gasteiger partial charge is 0.232 e. The van der Waals surface area contributed by atoms with Gasteiger partial charge in [0.15, 0.2) is 0 Å². The fraction of sp³-hybridized carbons (Fsp3) is 0.750. The molecular weight excluding hydrogens is 298 g/mol. The first-order valence-corrected chi connectivity index (χ1v) is 9.81. The molecule has 0 aromatic carbocycles. The zero-order chi connectivity index (χ0) is 17.8. The quantitative estimate of drug-likeness (QED) is 0.520. The summed E-state index contributed by atoms with van der Waals surface area (Å²) in [5, 5.41) is 0. The number of carbonyl (C=O) groups is 1. The van der Waals surface area contributed by atoms with Gasteiger partial charge in [-0.1, -0.05) is 59.8 Å². The number of hydrogen-bond donors (Lipinski definition) is 0. The number of anilines is 1. The monoisotopic (exact) mass is 333 g/mol. The normalized spacial score (nSPS) is 11.0. The van der Waals surface area contributed by atoms with Crippen molar-refractivity contribution in [3.63, 3.8) is 0 Å². The highest BCUT2D eigenvalue weighted by Gasteiger charge is 2.25. The Kier molecular flexibility index (Phi) is 10.3. The minimum Gasteiger partial charge on any atom is -0.278 e. The molecule has 0 saturated carbocycles. The van der Waals surface area contributed by atoms with Gasteiger partial charge in [0.1, 0.15) is 0 Å². The average molecular weight is 334 g/mol. The van der Waals surface area contributed by atoms with Gasteiger partial charge >= 0.3 is 0 Å². The van der Waals surface area contributed by atoms with Gasteiger partial charge in [-0.25, -0.2) is 9.97 Å². The standard InChI is InChI=1S/C20H35N3O/c1-5-9-12-17-15-16-21-20(22-17)23(19(24)8-4)18(13-10-6-2)14-11-7-3/h15-16,18H,5-14H2,1-4H3. The highest BCUT2D eigenvalue weighted by Crippen LogP contribution is 2.22. The van der Waals surface area contributed by atoms with Crippen LogP contribution in [-0.2, 0) is 11.2 Å². The Bertz CT molecular complexity index is 468. The molecule has 4 nitrogen and oxygen atoms in total. The summed E-state index contributed by atoms with van der Waals surface area (Å²) in [7, 11) is 0. The van der Waals surface area contributed by atoms with Gasteiger partial charge in [0, 0.05) is 24.4 Å². The van der Waals surface area contributed by atoms with E-state index in [2.05, 4.69) is 25.8 Å². The summed E-state index contributed by atoms with van der Waals surface area (Å²) in [6.45, 7) is 8.50. The van der Waals surface area contributed by atoms with E-state index in [1.54, 1.807) is 6.20 Å². The molecule has 1 aromatic rings. The molecule has 0 spiro atoms. The molecule has 1 amide bonds. The summed E-state index contributed by atoms with van der Waals surface area (Å²) < 4.78 is 0. The van der Waals surface area contributed by atoms with E-state index in [1.165, 1.54) is 0 Å². The lowest BCUT2D eigenvalue weighted by Crippen LogP contribution is -2.41. The predicted molar refractivity (Wildman–Crippen MR) is 101 cm³/mol. The van der Waals surface area contributed by atoms with Crippen molar-refractivity contribution in [2.24, 2.45) is 0 Å². The number of rotatable bonds is 12. The van der Waals surface area contributed by atoms with Crippen molar-refractivity contribution in [2.75, 3.05) is 4.90 Å². The van der Waals surface area contributed by atoms with Crippen LogP contribution in [0.3, 0.4) is 0 Å². The van der Waals surface area contributed by atoms with Gasteiger partial charge in [0.2, 0.25) is 11.9 Å². The number of hydrogen-bond acceptors (Lipinski definition) is 3. The van der Waals surface area contributed by atoms with E-state index in [4.69, 9.17) is 4.98 Å². The second-order valence-corrected chi connectivity index (χ2v) is 6.51. The van der Waals surface area contributed by atoms with Gasteiger partial charge in [-0.2, -0.15) is 0 Å². The second kappa shape index (κ2) is 12.0. The zero-order valence-electron chi connectivity index (χ0n) is 16.1. The molecule has 0 radical (unpaired) electrons. The third-order valence-corrected chi connectivity index (χ3v) is 4.42. The van der Waals surface area contributed by atoms with Crippen LogP contribution in [0.2, 0.25) is 0 Å². The Morgan fingerprint density at radius 3 is 2.21 bits per heavy atom. The Morgan fingerprint density at radius 2 is 1.67 bits per heavy atom. The minimum absolute atomic E-state index is 0.139. The van der Waals surface area contributed by atoms with Crippen LogP contribution in [0.25, 0.3) is 0 Å². The highest BCUT2D eigenvalue weighted by atomic mass is 16.2. The molecule has 0 saturated heterocycles. The van der Waals surface area contributed by atoms with Crippen molar-refractivity contribution in [1.82, 2.24) is 9.97 Å². The molecule has 1 aromatic heterocycles. The van der Waals surface area contributed by atoms with Crippen LogP contribution < -0.4 is 4.90 Å². The number of amides is 1. The van der Waals surface area contributed by atoms with Gasteiger partial charge in [-0.05, 0) is 31.7 Å². The van der Waals surface area contributed by atoms with Gasteiger partial charge in [-0.15, -0.1) is 0 Å². The fourth-order valence-electron chi connectivity index (χ4n) is 2.93. The van der Waals surface area contributed by atoms with Gasteiger partial charge < -0.3 is 0 Å². The molecular formula is C20H35N3O. The van der Waals surface area contributed by atoms with Gasteiger partial charge in [-0.3, -0.25) is 9.69 Å². The van der Waals surface area contributed by atoms with E-state index < -0.39 is 0 Å². The number of carbonyl (C=O) groups excluding carboxylic acids is 1. The van der Waals surface area contributed by atoms with E-state index in [0.717, 1.165) is 63.5 Å².